The zero-order valence-corrected chi connectivity index (χ0v) is 16.7. The van der Waals surface area contributed by atoms with Crippen molar-refractivity contribution in [3.63, 3.8) is 0 Å². The van der Waals surface area contributed by atoms with Gasteiger partial charge in [-0.05, 0) is 25.1 Å². The highest BCUT2D eigenvalue weighted by atomic mass is 79.9. The van der Waals surface area contributed by atoms with Crippen LogP contribution in [0.3, 0.4) is 0 Å². The second-order valence-corrected chi connectivity index (χ2v) is 7.47. The molecule has 0 spiro atoms. The van der Waals surface area contributed by atoms with Crippen LogP contribution in [-0.2, 0) is 14.4 Å². The molecule has 1 aromatic carbocycles. The average molecular weight is 439 g/mol. The molecule has 1 aromatic rings. The third-order valence-electron chi connectivity index (χ3n) is 4.97. The van der Waals surface area contributed by atoms with E-state index in [0.29, 0.717) is 44.8 Å². The number of likely N-dealkylation sites (N-methyl/N-ethyl adjacent to an activating group) is 1. The van der Waals surface area contributed by atoms with Gasteiger partial charge in [-0.15, -0.1) is 0 Å². The number of anilines is 1. The first-order valence-electron chi connectivity index (χ1n) is 9.00. The molecule has 0 saturated carbocycles. The molecule has 0 unspecified atom stereocenters. The van der Waals surface area contributed by atoms with Gasteiger partial charge in [-0.2, -0.15) is 0 Å². The van der Waals surface area contributed by atoms with Crippen molar-refractivity contribution in [2.45, 2.75) is 13.0 Å². The number of carbonyl (C=O) groups is 3. The number of benzene rings is 1. The van der Waals surface area contributed by atoms with Crippen LogP contribution in [0.1, 0.15) is 18.5 Å². The summed E-state index contributed by atoms with van der Waals surface area (Å²) in [7, 11) is 0. The number of amides is 3. The zero-order valence-electron chi connectivity index (χ0n) is 15.2. The van der Waals surface area contributed by atoms with E-state index in [0.717, 1.165) is 10.2 Å². The topological polar surface area (TPSA) is 93.2 Å². The fourth-order valence-electron chi connectivity index (χ4n) is 3.53. The zero-order chi connectivity index (χ0) is 19.6. The van der Waals surface area contributed by atoms with Crippen LogP contribution in [-0.4, -0.2) is 78.5 Å². The van der Waals surface area contributed by atoms with Crippen LogP contribution in [0.5, 0.6) is 0 Å². The molecule has 0 bridgehead atoms. The van der Waals surface area contributed by atoms with E-state index in [-0.39, 0.29) is 12.5 Å². The van der Waals surface area contributed by atoms with E-state index < -0.39 is 17.9 Å². The van der Waals surface area contributed by atoms with Crippen LogP contribution in [0.25, 0.3) is 0 Å². The average Bonchev–Trinajstić information content (AvgIpc) is 2.92. The molecule has 2 aliphatic rings. The number of aliphatic hydroxyl groups excluding tert-OH is 1. The Hall–Kier alpha value is -1.97. The minimum atomic E-state index is -0.857. The molecular weight excluding hydrogens is 416 g/mol. The summed E-state index contributed by atoms with van der Waals surface area (Å²) in [5.74, 6) is -1.63. The third-order valence-corrected chi connectivity index (χ3v) is 5.46. The molecule has 9 heteroatoms. The van der Waals surface area contributed by atoms with Crippen molar-refractivity contribution in [1.29, 1.82) is 0 Å². The second kappa shape index (κ2) is 8.37. The van der Waals surface area contributed by atoms with Gasteiger partial charge in [-0.1, -0.05) is 15.9 Å². The van der Waals surface area contributed by atoms with E-state index in [1.165, 1.54) is 4.90 Å². The van der Waals surface area contributed by atoms with E-state index in [1.807, 2.05) is 24.0 Å². The van der Waals surface area contributed by atoms with Gasteiger partial charge in [-0.3, -0.25) is 19.3 Å². The number of nitrogens with one attached hydrogen (secondary N) is 1. The lowest BCUT2D eigenvalue weighted by Gasteiger charge is -2.34. The Kier molecular flexibility index (Phi) is 6.13. The molecule has 1 atom stereocenters. The Morgan fingerprint density at radius 2 is 1.96 bits per heavy atom. The number of carbonyl (C=O) groups excluding carboxylic acids is 3. The summed E-state index contributed by atoms with van der Waals surface area (Å²) in [6.45, 7) is 5.06. The highest BCUT2D eigenvalue weighted by molar-refractivity contribution is 9.10. The smallest absolute Gasteiger partial charge is 0.311 e. The summed E-state index contributed by atoms with van der Waals surface area (Å²) < 4.78 is 0.803. The summed E-state index contributed by atoms with van der Waals surface area (Å²) in [6.07, 6.45) is 0. The highest BCUT2D eigenvalue weighted by Gasteiger charge is 2.39. The van der Waals surface area contributed by atoms with Crippen LogP contribution in [0.4, 0.5) is 5.69 Å². The van der Waals surface area contributed by atoms with Gasteiger partial charge in [0, 0.05) is 55.0 Å². The van der Waals surface area contributed by atoms with Crippen molar-refractivity contribution in [3.05, 3.63) is 28.2 Å². The lowest BCUT2D eigenvalue weighted by Crippen LogP contribution is -2.53. The van der Waals surface area contributed by atoms with E-state index in [2.05, 4.69) is 21.2 Å². The minimum absolute atomic E-state index is 0.0706. The Morgan fingerprint density at radius 1 is 1.26 bits per heavy atom. The van der Waals surface area contributed by atoms with Crippen molar-refractivity contribution in [1.82, 2.24) is 15.1 Å². The summed E-state index contributed by atoms with van der Waals surface area (Å²) in [5.41, 5.74) is 1.44. The monoisotopic (exact) mass is 438 g/mol. The summed E-state index contributed by atoms with van der Waals surface area (Å²) in [5, 5.41) is 11.6. The van der Waals surface area contributed by atoms with Crippen molar-refractivity contribution >= 4 is 39.3 Å². The number of piperazine rings is 1. The Labute approximate surface area is 166 Å². The van der Waals surface area contributed by atoms with Crippen LogP contribution < -0.4 is 10.2 Å². The maximum Gasteiger partial charge on any atom is 0.311 e. The maximum atomic E-state index is 12.7. The number of aliphatic hydroxyl groups is 1. The van der Waals surface area contributed by atoms with Gasteiger partial charge in [0.1, 0.15) is 6.04 Å². The van der Waals surface area contributed by atoms with Crippen LogP contribution in [0, 0.1) is 0 Å². The molecule has 3 amide bonds. The van der Waals surface area contributed by atoms with Crippen molar-refractivity contribution in [2.75, 3.05) is 50.8 Å². The molecule has 2 heterocycles. The molecule has 2 N–H and O–H groups in total. The predicted molar refractivity (Wildman–Crippen MR) is 103 cm³/mol. The van der Waals surface area contributed by atoms with Crippen LogP contribution >= 0.6 is 15.9 Å². The fourth-order valence-corrected chi connectivity index (χ4v) is 3.91. The largest absolute Gasteiger partial charge is 0.395 e. The van der Waals surface area contributed by atoms with Crippen LogP contribution in [0.15, 0.2) is 22.7 Å². The van der Waals surface area contributed by atoms with Gasteiger partial charge in [0.15, 0.2) is 0 Å². The van der Waals surface area contributed by atoms with E-state index in [1.54, 1.807) is 11.0 Å². The molecule has 1 saturated heterocycles. The summed E-state index contributed by atoms with van der Waals surface area (Å²) in [4.78, 5) is 42.8. The molecule has 3 rings (SSSR count). The first kappa shape index (κ1) is 19.8. The molecule has 0 aromatic heterocycles. The lowest BCUT2D eigenvalue weighted by atomic mass is 10.1. The highest BCUT2D eigenvalue weighted by Crippen LogP contribution is 2.37. The lowest BCUT2D eigenvalue weighted by molar-refractivity contribution is -0.147. The minimum Gasteiger partial charge on any atom is -0.395 e. The normalized spacial score (nSPS) is 20.0. The van der Waals surface area contributed by atoms with E-state index in [4.69, 9.17) is 5.11 Å². The SMILES string of the molecule is CCN1C(=O)[C@H](NC(=O)C(=O)N2CCN(CCO)CC2)c2cc(Br)ccc21. The Bertz CT molecular complexity index is 749. The number of halogens is 1. The molecule has 8 nitrogen and oxygen atoms in total. The fraction of sp³-hybridized carbons (Fsp3) is 0.500. The molecular formula is C18H23BrN4O4. The van der Waals surface area contributed by atoms with E-state index in [9.17, 15) is 14.4 Å². The van der Waals surface area contributed by atoms with Gasteiger partial charge >= 0.3 is 11.8 Å². The first-order valence-corrected chi connectivity index (χ1v) is 9.79. The molecule has 146 valence electrons. The van der Waals surface area contributed by atoms with Crippen molar-refractivity contribution in [3.8, 4) is 0 Å². The molecule has 0 radical (unpaired) electrons. The van der Waals surface area contributed by atoms with Gasteiger partial charge < -0.3 is 20.2 Å². The number of fused-ring (bicyclic) bond motifs is 1. The third kappa shape index (κ3) is 3.99. The van der Waals surface area contributed by atoms with Gasteiger partial charge in [0.05, 0.1) is 6.61 Å². The number of hydrogen-bond acceptors (Lipinski definition) is 5. The summed E-state index contributed by atoms with van der Waals surface area (Å²) >= 11 is 3.39. The summed E-state index contributed by atoms with van der Waals surface area (Å²) in [6, 6.07) is 4.61. The molecule has 2 aliphatic heterocycles. The molecule has 1 fully saturated rings. The Morgan fingerprint density at radius 3 is 2.59 bits per heavy atom. The Balaban J connectivity index is 1.68. The quantitative estimate of drug-likeness (QED) is 0.650. The van der Waals surface area contributed by atoms with E-state index >= 15 is 0 Å². The van der Waals surface area contributed by atoms with Gasteiger partial charge in [-0.25, -0.2) is 0 Å². The number of β-amino-alcohol motifs (C(OH)–C–C–N with tert-alkyl or cyclic N) is 1. The number of hydrogen-bond donors (Lipinski definition) is 2. The van der Waals surface area contributed by atoms with Gasteiger partial charge in [0.2, 0.25) is 0 Å². The number of rotatable bonds is 4. The van der Waals surface area contributed by atoms with Crippen molar-refractivity contribution < 1.29 is 19.5 Å². The first-order chi connectivity index (χ1) is 13.0. The standard InChI is InChI=1S/C18H23BrN4O4/c1-2-23-14-4-3-12(19)11-13(14)15(17(23)26)20-16(25)18(27)22-7-5-21(6-8-22)9-10-24/h3-4,11,15,24H,2,5-10H2,1H3,(H,20,25)/t15-/m1/s1. The number of nitrogens with zero attached hydrogens (tertiary/aromatic N) is 3. The van der Waals surface area contributed by atoms with Crippen molar-refractivity contribution in [2.24, 2.45) is 0 Å². The second-order valence-electron chi connectivity index (χ2n) is 6.55. The van der Waals surface area contributed by atoms with Crippen LogP contribution in [0.2, 0.25) is 0 Å². The van der Waals surface area contributed by atoms with Gasteiger partial charge in [0.25, 0.3) is 5.91 Å². The maximum absolute atomic E-state index is 12.7. The molecule has 27 heavy (non-hydrogen) atoms. The molecule has 0 aliphatic carbocycles. The predicted octanol–water partition coefficient (Wildman–Crippen LogP) is 0.109.